The molecule has 25 heavy (non-hydrogen) atoms. The molecule has 1 unspecified atom stereocenters. The second-order valence-corrected chi connectivity index (χ2v) is 5.16. The number of rotatable bonds is 8. The van der Waals surface area contributed by atoms with Crippen LogP contribution in [0.3, 0.4) is 0 Å². The number of methoxy groups -OCH3 is 2. The van der Waals surface area contributed by atoms with Gasteiger partial charge in [0.25, 0.3) is 0 Å². The van der Waals surface area contributed by atoms with Gasteiger partial charge in [-0.3, -0.25) is 4.79 Å². The number of fused-ring (bicyclic) bond motifs is 1. The smallest absolute Gasteiger partial charge is 0.330 e. The van der Waals surface area contributed by atoms with Crippen molar-refractivity contribution >= 4 is 17.5 Å². The molecule has 1 amide bonds. The monoisotopic (exact) mass is 347 g/mol. The molecule has 0 aromatic carbocycles. The van der Waals surface area contributed by atoms with Crippen LogP contribution in [0.1, 0.15) is 18.5 Å². The van der Waals surface area contributed by atoms with Gasteiger partial charge in [0.2, 0.25) is 11.7 Å². The van der Waals surface area contributed by atoms with Crippen LogP contribution >= 0.6 is 0 Å². The predicted octanol–water partition coefficient (Wildman–Crippen LogP) is 1.01. The Morgan fingerprint density at radius 1 is 1.36 bits per heavy atom. The number of primary amides is 1. The molecule has 0 aliphatic heterocycles. The topological polar surface area (TPSA) is 105 Å². The van der Waals surface area contributed by atoms with E-state index < -0.39 is 23.6 Å². The lowest BCUT2D eigenvalue weighted by atomic mass is 9.93. The molecule has 0 saturated carbocycles. The maximum absolute atomic E-state index is 12.2. The number of hydrogen-bond donors (Lipinski definition) is 1. The zero-order valence-corrected chi connectivity index (χ0v) is 14.3. The minimum absolute atomic E-state index is 0.225. The molecule has 2 aromatic heterocycles. The summed E-state index contributed by atoms with van der Waals surface area (Å²) in [4.78, 5) is 28.2. The molecule has 8 nitrogen and oxygen atoms in total. The van der Waals surface area contributed by atoms with Gasteiger partial charge in [-0.05, 0) is 25.1 Å². The average Bonchev–Trinajstić information content (AvgIpc) is 3.02. The summed E-state index contributed by atoms with van der Waals surface area (Å²) >= 11 is 0. The van der Waals surface area contributed by atoms with Crippen LogP contribution in [0, 0.1) is 0 Å². The molecule has 2 rings (SSSR count). The molecule has 0 aliphatic carbocycles. The first kappa shape index (κ1) is 18.6. The summed E-state index contributed by atoms with van der Waals surface area (Å²) in [6, 6.07) is 5.41. The SMILES string of the molecule is CCOC(=O)C=CC(OC)(OC)C(C(N)=O)c1cnc2ccccn12. The van der Waals surface area contributed by atoms with Crippen molar-refractivity contribution in [1.29, 1.82) is 0 Å². The lowest BCUT2D eigenvalue weighted by molar-refractivity contribution is -0.189. The number of carbonyl (C=O) groups is 2. The van der Waals surface area contributed by atoms with Crippen molar-refractivity contribution in [3.63, 3.8) is 0 Å². The number of carbonyl (C=O) groups excluding carboxylic acids is 2. The number of aromatic nitrogens is 2. The highest BCUT2D eigenvalue weighted by atomic mass is 16.7. The fourth-order valence-corrected chi connectivity index (χ4v) is 2.64. The molecular weight excluding hydrogens is 326 g/mol. The molecule has 0 bridgehead atoms. The van der Waals surface area contributed by atoms with E-state index in [1.54, 1.807) is 29.7 Å². The zero-order chi connectivity index (χ0) is 18.4. The fourth-order valence-electron chi connectivity index (χ4n) is 2.64. The number of imidazole rings is 1. The third-order valence-corrected chi connectivity index (χ3v) is 3.80. The quantitative estimate of drug-likeness (QED) is 0.434. The molecule has 134 valence electrons. The Morgan fingerprint density at radius 2 is 2.08 bits per heavy atom. The largest absolute Gasteiger partial charge is 0.463 e. The highest BCUT2D eigenvalue weighted by molar-refractivity contribution is 5.85. The van der Waals surface area contributed by atoms with Gasteiger partial charge in [-0.2, -0.15) is 0 Å². The number of nitrogens with zero attached hydrogens (tertiary/aromatic N) is 2. The highest BCUT2D eigenvalue weighted by Gasteiger charge is 2.44. The van der Waals surface area contributed by atoms with E-state index >= 15 is 0 Å². The first-order chi connectivity index (χ1) is 12.0. The first-order valence-electron chi connectivity index (χ1n) is 7.66. The van der Waals surface area contributed by atoms with Crippen molar-refractivity contribution in [1.82, 2.24) is 9.38 Å². The lowest BCUT2D eigenvalue weighted by Crippen LogP contribution is -2.45. The van der Waals surface area contributed by atoms with Gasteiger partial charge in [0.1, 0.15) is 11.6 Å². The van der Waals surface area contributed by atoms with Crippen molar-refractivity contribution in [3.05, 3.63) is 48.4 Å². The van der Waals surface area contributed by atoms with Crippen molar-refractivity contribution in [2.45, 2.75) is 18.6 Å². The van der Waals surface area contributed by atoms with E-state index in [4.69, 9.17) is 19.9 Å². The summed E-state index contributed by atoms with van der Waals surface area (Å²) in [7, 11) is 2.72. The Balaban J connectivity index is 2.54. The third kappa shape index (κ3) is 3.70. The van der Waals surface area contributed by atoms with Gasteiger partial charge < -0.3 is 24.3 Å². The summed E-state index contributed by atoms with van der Waals surface area (Å²) in [6.07, 6.45) is 5.74. The Kier molecular flexibility index (Phi) is 5.89. The van der Waals surface area contributed by atoms with E-state index in [0.29, 0.717) is 11.3 Å². The molecule has 2 aromatic rings. The molecule has 0 aliphatic rings. The van der Waals surface area contributed by atoms with E-state index in [1.165, 1.54) is 26.5 Å². The molecule has 2 N–H and O–H groups in total. The van der Waals surface area contributed by atoms with Gasteiger partial charge in [0.05, 0.1) is 18.5 Å². The minimum atomic E-state index is -1.59. The summed E-state index contributed by atoms with van der Waals surface area (Å²) in [5.41, 5.74) is 6.74. The van der Waals surface area contributed by atoms with Crippen LogP contribution in [0.25, 0.3) is 5.65 Å². The molecule has 1 atom stereocenters. The van der Waals surface area contributed by atoms with Crippen LogP contribution in [0.4, 0.5) is 0 Å². The van der Waals surface area contributed by atoms with E-state index in [-0.39, 0.29) is 6.61 Å². The Labute approximate surface area is 145 Å². The lowest BCUT2D eigenvalue weighted by Gasteiger charge is -2.33. The summed E-state index contributed by atoms with van der Waals surface area (Å²) in [5, 5.41) is 0. The highest BCUT2D eigenvalue weighted by Crippen LogP contribution is 2.33. The average molecular weight is 347 g/mol. The summed E-state index contributed by atoms with van der Waals surface area (Å²) in [5.74, 6) is -3.92. The molecule has 0 saturated heterocycles. The van der Waals surface area contributed by atoms with E-state index in [2.05, 4.69) is 4.98 Å². The van der Waals surface area contributed by atoms with Gasteiger partial charge in [0, 0.05) is 26.5 Å². The standard InChI is InChI=1S/C17H21N3O5/c1-4-25-14(21)8-9-17(23-2,24-3)15(16(18)22)12-11-19-13-7-5-6-10-20(12)13/h5-11,15H,4H2,1-3H3,(H2,18,22). The number of pyridine rings is 1. The van der Waals surface area contributed by atoms with E-state index in [0.717, 1.165) is 6.08 Å². The first-order valence-corrected chi connectivity index (χ1v) is 7.66. The number of esters is 1. The molecule has 2 heterocycles. The Bertz CT molecular complexity index is 779. The molecule has 0 spiro atoms. The van der Waals surface area contributed by atoms with Gasteiger partial charge in [-0.1, -0.05) is 6.07 Å². The van der Waals surface area contributed by atoms with Crippen LogP contribution in [0.2, 0.25) is 0 Å². The number of nitrogens with two attached hydrogens (primary N) is 1. The van der Waals surface area contributed by atoms with Crippen molar-refractivity contribution in [3.8, 4) is 0 Å². The fraction of sp³-hybridized carbons (Fsp3) is 0.353. The molecule has 0 radical (unpaired) electrons. The second kappa shape index (κ2) is 7.91. The van der Waals surface area contributed by atoms with Gasteiger partial charge in [-0.15, -0.1) is 0 Å². The van der Waals surface area contributed by atoms with Gasteiger partial charge in [0.15, 0.2) is 0 Å². The van der Waals surface area contributed by atoms with Crippen molar-refractivity contribution in [2.75, 3.05) is 20.8 Å². The van der Waals surface area contributed by atoms with Crippen LogP contribution in [-0.4, -0.2) is 47.9 Å². The van der Waals surface area contributed by atoms with E-state index in [9.17, 15) is 9.59 Å². The summed E-state index contributed by atoms with van der Waals surface area (Å²) in [6.45, 7) is 1.92. The molecule has 8 heteroatoms. The van der Waals surface area contributed by atoms with Crippen molar-refractivity contribution < 1.29 is 23.8 Å². The Hall–Kier alpha value is -2.71. The maximum Gasteiger partial charge on any atom is 0.330 e. The maximum atomic E-state index is 12.2. The van der Waals surface area contributed by atoms with Crippen molar-refractivity contribution in [2.24, 2.45) is 5.73 Å². The number of amides is 1. The normalized spacial score (nSPS) is 13.2. The minimum Gasteiger partial charge on any atom is -0.463 e. The zero-order valence-electron chi connectivity index (χ0n) is 14.3. The third-order valence-electron chi connectivity index (χ3n) is 3.80. The molecular formula is C17H21N3O5. The van der Waals surface area contributed by atoms with Gasteiger partial charge in [-0.25, -0.2) is 9.78 Å². The second-order valence-electron chi connectivity index (χ2n) is 5.16. The van der Waals surface area contributed by atoms with Crippen LogP contribution in [0.5, 0.6) is 0 Å². The van der Waals surface area contributed by atoms with E-state index in [1.807, 2.05) is 6.07 Å². The predicted molar refractivity (Wildman–Crippen MR) is 89.6 cm³/mol. The van der Waals surface area contributed by atoms with Crippen LogP contribution < -0.4 is 5.73 Å². The van der Waals surface area contributed by atoms with Crippen LogP contribution in [-0.2, 0) is 23.8 Å². The number of ether oxygens (including phenoxy) is 3. The Morgan fingerprint density at radius 3 is 2.68 bits per heavy atom. The number of hydrogen-bond acceptors (Lipinski definition) is 6. The van der Waals surface area contributed by atoms with Crippen LogP contribution in [0.15, 0.2) is 42.7 Å². The summed E-state index contributed by atoms with van der Waals surface area (Å²) < 4.78 is 17.5. The van der Waals surface area contributed by atoms with Gasteiger partial charge >= 0.3 is 5.97 Å². The molecule has 0 fully saturated rings.